The summed E-state index contributed by atoms with van der Waals surface area (Å²) in [5.41, 5.74) is 0. The molecule has 0 saturated heterocycles. The quantitative estimate of drug-likeness (QED) is 0.874. The van der Waals surface area contributed by atoms with Crippen LogP contribution >= 0.6 is 0 Å². The normalized spacial score (nSPS) is 16.1. The standard InChI is InChI=1S/C16H21FN4O3S/c1-11(16-19-18-15-6-4-3-5-9-21(15)16)20-25(22,23)12-7-8-14(24-2)13(17)10-12/h7-8,10-11,20H,3-6,9H2,1-2H3/t11-/m1/s1. The Balaban J connectivity index is 1.83. The Labute approximate surface area is 146 Å². The van der Waals surface area contributed by atoms with Crippen molar-refractivity contribution in [2.75, 3.05) is 7.11 Å². The van der Waals surface area contributed by atoms with Gasteiger partial charge in [-0.3, -0.25) is 0 Å². The van der Waals surface area contributed by atoms with Gasteiger partial charge in [-0.1, -0.05) is 6.42 Å². The first-order valence-corrected chi connectivity index (χ1v) is 9.68. The number of halogens is 1. The topological polar surface area (TPSA) is 86.1 Å². The molecule has 0 radical (unpaired) electrons. The van der Waals surface area contributed by atoms with Gasteiger partial charge >= 0.3 is 0 Å². The maximum atomic E-state index is 13.8. The highest BCUT2D eigenvalue weighted by atomic mass is 32.2. The van der Waals surface area contributed by atoms with Crippen molar-refractivity contribution in [3.63, 3.8) is 0 Å². The Kier molecular flexibility index (Phi) is 5.05. The van der Waals surface area contributed by atoms with E-state index in [4.69, 9.17) is 4.74 Å². The van der Waals surface area contributed by atoms with Crippen LogP contribution in [-0.2, 0) is 23.0 Å². The molecule has 0 aliphatic carbocycles. The first kappa shape index (κ1) is 17.8. The molecule has 1 aromatic carbocycles. The third kappa shape index (κ3) is 3.67. The molecule has 1 aromatic heterocycles. The van der Waals surface area contributed by atoms with Gasteiger partial charge in [0.2, 0.25) is 10.0 Å². The molecule has 1 N–H and O–H groups in total. The second kappa shape index (κ2) is 7.09. The smallest absolute Gasteiger partial charge is 0.241 e. The zero-order valence-electron chi connectivity index (χ0n) is 14.2. The molecule has 0 unspecified atom stereocenters. The number of nitrogens with zero attached hydrogens (tertiary/aromatic N) is 3. The molecule has 0 spiro atoms. The first-order valence-electron chi connectivity index (χ1n) is 8.20. The second-order valence-electron chi connectivity index (χ2n) is 6.08. The number of methoxy groups -OCH3 is 1. The van der Waals surface area contributed by atoms with E-state index in [1.807, 2.05) is 4.57 Å². The van der Waals surface area contributed by atoms with Crippen molar-refractivity contribution in [1.29, 1.82) is 0 Å². The molecule has 1 aliphatic rings. The highest BCUT2D eigenvalue weighted by molar-refractivity contribution is 7.89. The Bertz CT molecular complexity index is 866. The number of aromatic nitrogens is 3. The summed E-state index contributed by atoms with van der Waals surface area (Å²) >= 11 is 0. The molecule has 2 aromatic rings. The molecule has 136 valence electrons. The summed E-state index contributed by atoms with van der Waals surface area (Å²) < 4.78 is 48.3. The summed E-state index contributed by atoms with van der Waals surface area (Å²) in [5.74, 6) is 0.729. The predicted octanol–water partition coefficient (Wildman–Crippen LogP) is 2.19. The Hall–Kier alpha value is -2.00. The van der Waals surface area contributed by atoms with E-state index in [-0.39, 0.29) is 10.6 Å². The summed E-state index contributed by atoms with van der Waals surface area (Å²) in [6.45, 7) is 2.49. The Morgan fingerprint density at radius 1 is 1.28 bits per heavy atom. The van der Waals surface area contributed by atoms with Gasteiger partial charge < -0.3 is 9.30 Å². The lowest BCUT2D eigenvalue weighted by Gasteiger charge is -2.16. The monoisotopic (exact) mass is 368 g/mol. The minimum atomic E-state index is -3.90. The number of fused-ring (bicyclic) bond motifs is 1. The van der Waals surface area contributed by atoms with Crippen LogP contribution in [-0.4, -0.2) is 30.3 Å². The third-order valence-electron chi connectivity index (χ3n) is 4.29. The maximum absolute atomic E-state index is 13.8. The van der Waals surface area contributed by atoms with Crippen molar-refractivity contribution >= 4 is 10.0 Å². The fourth-order valence-corrected chi connectivity index (χ4v) is 4.21. The molecule has 0 fully saturated rings. The lowest BCUT2D eigenvalue weighted by Crippen LogP contribution is -2.29. The van der Waals surface area contributed by atoms with E-state index in [0.717, 1.165) is 44.1 Å². The van der Waals surface area contributed by atoms with Gasteiger partial charge in [0.1, 0.15) is 5.82 Å². The summed E-state index contributed by atoms with van der Waals surface area (Å²) in [4.78, 5) is -0.159. The van der Waals surface area contributed by atoms with Gasteiger partial charge in [-0.2, -0.15) is 0 Å². The third-order valence-corrected chi connectivity index (χ3v) is 5.83. The number of ether oxygens (including phenoxy) is 1. The maximum Gasteiger partial charge on any atom is 0.241 e. The van der Waals surface area contributed by atoms with E-state index < -0.39 is 21.9 Å². The molecule has 2 heterocycles. The van der Waals surface area contributed by atoms with Crippen molar-refractivity contribution in [2.45, 2.75) is 50.1 Å². The number of nitrogens with one attached hydrogen (secondary N) is 1. The fraction of sp³-hybridized carbons (Fsp3) is 0.500. The van der Waals surface area contributed by atoms with Crippen LogP contribution in [0.4, 0.5) is 4.39 Å². The summed E-state index contributed by atoms with van der Waals surface area (Å²) in [6, 6.07) is 2.96. The SMILES string of the molecule is COc1ccc(S(=O)(=O)N[C@H](C)c2nnc3n2CCCCC3)cc1F. The highest BCUT2D eigenvalue weighted by Gasteiger charge is 2.25. The van der Waals surface area contributed by atoms with E-state index in [0.29, 0.717) is 5.82 Å². The van der Waals surface area contributed by atoms with Crippen molar-refractivity contribution < 1.29 is 17.5 Å². The van der Waals surface area contributed by atoms with Crippen molar-refractivity contribution in [2.24, 2.45) is 0 Å². The van der Waals surface area contributed by atoms with E-state index in [9.17, 15) is 12.8 Å². The molecule has 1 aliphatic heterocycles. The van der Waals surface area contributed by atoms with Gasteiger partial charge in [0, 0.05) is 13.0 Å². The highest BCUT2D eigenvalue weighted by Crippen LogP contribution is 2.23. The summed E-state index contributed by atoms with van der Waals surface area (Å²) in [7, 11) is -2.57. The number of hydrogen-bond acceptors (Lipinski definition) is 5. The van der Waals surface area contributed by atoms with Crippen LogP contribution in [0.15, 0.2) is 23.1 Å². The fourth-order valence-electron chi connectivity index (χ4n) is 3.00. The van der Waals surface area contributed by atoms with Crippen LogP contribution in [0, 0.1) is 5.82 Å². The molecule has 25 heavy (non-hydrogen) atoms. The van der Waals surface area contributed by atoms with E-state index in [2.05, 4.69) is 14.9 Å². The Morgan fingerprint density at radius 3 is 2.80 bits per heavy atom. The predicted molar refractivity (Wildman–Crippen MR) is 89.3 cm³/mol. The van der Waals surface area contributed by atoms with Gasteiger partial charge in [-0.15, -0.1) is 10.2 Å². The van der Waals surface area contributed by atoms with E-state index in [1.165, 1.54) is 19.2 Å². The molecular weight excluding hydrogens is 347 g/mol. The number of hydrogen-bond donors (Lipinski definition) is 1. The molecule has 0 bridgehead atoms. The molecule has 0 amide bonds. The van der Waals surface area contributed by atoms with Gasteiger partial charge in [-0.25, -0.2) is 17.5 Å². The first-order chi connectivity index (χ1) is 11.9. The van der Waals surface area contributed by atoms with E-state index in [1.54, 1.807) is 6.92 Å². The van der Waals surface area contributed by atoms with E-state index >= 15 is 0 Å². The summed E-state index contributed by atoms with van der Waals surface area (Å²) in [5, 5.41) is 8.33. The van der Waals surface area contributed by atoms with Crippen LogP contribution in [0.1, 0.15) is 43.9 Å². The molecular formula is C16H21FN4O3S. The number of sulfonamides is 1. The number of aryl methyl sites for hydroxylation is 1. The van der Waals surface area contributed by atoms with Crippen LogP contribution < -0.4 is 9.46 Å². The molecule has 9 heteroatoms. The number of rotatable bonds is 5. The molecule has 1 atom stereocenters. The molecule has 7 nitrogen and oxygen atoms in total. The van der Waals surface area contributed by atoms with Gasteiger partial charge in [0.05, 0.1) is 18.0 Å². The van der Waals surface area contributed by atoms with Crippen LogP contribution in [0.3, 0.4) is 0 Å². The summed E-state index contributed by atoms with van der Waals surface area (Å²) in [6.07, 6.45) is 4.04. The molecule has 0 saturated carbocycles. The van der Waals surface area contributed by atoms with Gasteiger partial charge in [-0.05, 0) is 38.0 Å². The average Bonchev–Trinajstić information content (AvgIpc) is 2.83. The zero-order valence-corrected chi connectivity index (χ0v) is 15.0. The largest absolute Gasteiger partial charge is 0.494 e. The number of benzene rings is 1. The van der Waals surface area contributed by atoms with Crippen LogP contribution in [0.2, 0.25) is 0 Å². The molecule has 3 rings (SSSR count). The lowest BCUT2D eigenvalue weighted by atomic mass is 10.2. The van der Waals surface area contributed by atoms with Gasteiger partial charge in [0.15, 0.2) is 17.4 Å². The van der Waals surface area contributed by atoms with Gasteiger partial charge in [0.25, 0.3) is 0 Å². The lowest BCUT2D eigenvalue weighted by molar-refractivity contribution is 0.385. The van der Waals surface area contributed by atoms with Crippen LogP contribution in [0.5, 0.6) is 5.75 Å². The van der Waals surface area contributed by atoms with Crippen molar-refractivity contribution in [3.05, 3.63) is 35.7 Å². The minimum absolute atomic E-state index is 0.00484. The van der Waals surface area contributed by atoms with Crippen molar-refractivity contribution in [3.8, 4) is 5.75 Å². The second-order valence-corrected chi connectivity index (χ2v) is 7.79. The van der Waals surface area contributed by atoms with Crippen molar-refractivity contribution in [1.82, 2.24) is 19.5 Å². The average molecular weight is 368 g/mol. The minimum Gasteiger partial charge on any atom is -0.494 e. The van der Waals surface area contributed by atoms with Crippen LogP contribution in [0.25, 0.3) is 0 Å². The Morgan fingerprint density at radius 2 is 2.08 bits per heavy atom. The zero-order chi connectivity index (χ0) is 18.0.